The van der Waals surface area contributed by atoms with Crippen LogP contribution in [-0.2, 0) is 0 Å². The number of fused-ring (bicyclic) bond motifs is 1. The first kappa shape index (κ1) is 10.1. The molecule has 0 atom stereocenters. The molecule has 1 aromatic carbocycles. The Bertz CT molecular complexity index is 642. The second-order valence-electron chi connectivity index (χ2n) is 4.88. The maximum absolute atomic E-state index is 11.9. The highest BCUT2D eigenvalue weighted by Crippen LogP contribution is 2.37. The molecule has 4 N–H and O–H groups in total. The van der Waals surface area contributed by atoms with Crippen LogP contribution < -0.4 is 16.6 Å². The number of hydrogen-bond acceptors (Lipinski definition) is 4. The van der Waals surface area contributed by atoms with Crippen molar-refractivity contribution in [2.24, 2.45) is 0 Å². The van der Waals surface area contributed by atoms with Crippen LogP contribution in [0, 0.1) is 0 Å². The fourth-order valence-electron chi connectivity index (χ4n) is 1.81. The number of H-pyrrole nitrogens is 1. The lowest BCUT2D eigenvalue weighted by Crippen LogP contribution is -2.21. The van der Waals surface area contributed by atoms with Crippen LogP contribution >= 0.6 is 0 Å². The third-order valence-electron chi connectivity index (χ3n) is 3.15. The average Bonchev–Trinajstić information content (AvgIpc) is 2.97. The Morgan fingerprint density at radius 3 is 2.94 bits per heavy atom. The first-order valence-electron chi connectivity index (χ1n) is 5.64. The molecule has 1 saturated carbocycles. The normalized spacial score (nSPS) is 17.0. The van der Waals surface area contributed by atoms with Gasteiger partial charge in [0.05, 0.1) is 10.9 Å². The molecular weight excluding hydrogens is 216 g/mol. The van der Waals surface area contributed by atoms with Gasteiger partial charge in [-0.15, -0.1) is 0 Å². The summed E-state index contributed by atoms with van der Waals surface area (Å²) in [4.78, 5) is 19.0. The van der Waals surface area contributed by atoms with Gasteiger partial charge in [-0.2, -0.15) is 0 Å². The quantitative estimate of drug-likeness (QED) is 0.682. The summed E-state index contributed by atoms with van der Waals surface area (Å²) in [6.07, 6.45) is 2.22. The van der Waals surface area contributed by atoms with Crippen molar-refractivity contribution in [1.29, 1.82) is 0 Å². The van der Waals surface area contributed by atoms with E-state index in [1.165, 1.54) is 0 Å². The number of aromatic amines is 1. The number of benzene rings is 1. The third-order valence-corrected chi connectivity index (χ3v) is 3.15. The molecule has 0 spiro atoms. The standard InChI is InChI=1S/C12H14N4O/c1-12(4-5-12)16-11-14-9-3-2-7(13)6-8(9)10(17)15-11/h2-3,6H,4-5,13H2,1H3,(H2,14,15,16,17). The van der Waals surface area contributed by atoms with E-state index in [1.807, 2.05) is 0 Å². The summed E-state index contributed by atoms with van der Waals surface area (Å²) >= 11 is 0. The lowest BCUT2D eigenvalue weighted by Gasteiger charge is -2.11. The van der Waals surface area contributed by atoms with Gasteiger partial charge in [-0.05, 0) is 38.0 Å². The van der Waals surface area contributed by atoms with E-state index in [1.54, 1.807) is 18.2 Å². The van der Waals surface area contributed by atoms with Crippen molar-refractivity contribution in [2.45, 2.75) is 25.3 Å². The molecule has 1 fully saturated rings. The molecule has 2 aromatic rings. The van der Waals surface area contributed by atoms with Gasteiger partial charge in [0.15, 0.2) is 0 Å². The van der Waals surface area contributed by atoms with Gasteiger partial charge in [0, 0.05) is 11.2 Å². The Kier molecular flexibility index (Phi) is 1.92. The van der Waals surface area contributed by atoms with Crippen LogP contribution in [0.4, 0.5) is 11.6 Å². The minimum absolute atomic E-state index is 0.0947. The van der Waals surface area contributed by atoms with E-state index in [4.69, 9.17) is 5.73 Å². The summed E-state index contributed by atoms with van der Waals surface area (Å²) < 4.78 is 0. The van der Waals surface area contributed by atoms with Gasteiger partial charge < -0.3 is 11.1 Å². The Morgan fingerprint density at radius 2 is 2.24 bits per heavy atom. The summed E-state index contributed by atoms with van der Waals surface area (Å²) in [6.45, 7) is 2.11. The van der Waals surface area contributed by atoms with Crippen molar-refractivity contribution in [3.8, 4) is 0 Å². The van der Waals surface area contributed by atoms with Gasteiger partial charge >= 0.3 is 0 Å². The van der Waals surface area contributed by atoms with Gasteiger partial charge in [-0.3, -0.25) is 9.78 Å². The average molecular weight is 230 g/mol. The fraction of sp³-hybridized carbons (Fsp3) is 0.333. The van der Waals surface area contributed by atoms with Gasteiger partial charge in [0.1, 0.15) is 0 Å². The zero-order valence-electron chi connectivity index (χ0n) is 9.58. The molecular formula is C12H14N4O. The number of anilines is 2. The van der Waals surface area contributed by atoms with Crippen molar-refractivity contribution in [3.63, 3.8) is 0 Å². The number of nitrogen functional groups attached to an aromatic ring is 1. The highest BCUT2D eigenvalue weighted by atomic mass is 16.1. The number of nitrogens with two attached hydrogens (primary N) is 1. The van der Waals surface area contributed by atoms with Crippen LogP contribution in [0.15, 0.2) is 23.0 Å². The van der Waals surface area contributed by atoms with Crippen molar-refractivity contribution in [1.82, 2.24) is 9.97 Å². The molecule has 1 heterocycles. The molecule has 0 aliphatic heterocycles. The molecule has 5 nitrogen and oxygen atoms in total. The smallest absolute Gasteiger partial charge is 0.260 e. The summed E-state index contributed by atoms with van der Waals surface area (Å²) in [5, 5.41) is 3.77. The van der Waals surface area contributed by atoms with Crippen LogP contribution in [0.3, 0.4) is 0 Å². The van der Waals surface area contributed by atoms with Crippen LogP contribution in [-0.4, -0.2) is 15.5 Å². The molecule has 0 bridgehead atoms. The molecule has 0 radical (unpaired) electrons. The molecule has 0 unspecified atom stereocenters. The minimum Gasteiger partial charge on any atom is -0.399 e. The predicted octanol–water partition coefficient (Wildman–Crippen LogP) is 1.47. The second kappa shape index (κ2) is 3.23. The summed E-state index contributed by atoms with van der Waals surface area (Å²) in [5.41, 5.74) is 6.81. The maximum Gasteiger partial charge on any atom is 0.260 e. The van der Waals surface area contributed by atoms with Crippen molar-refractivity contribution >= 4 is 22.5 Å². The van der Waals surface area contributed by atoms with Gasteiger partial charge in [0.2, 0.25) is 5.95 Å². The first-order chi connectivity index (χ1) is 8.06. The van der Waals surface area contributed by atoms with Gasteiger partial charge in [-0.1, -0.05) is 0 Å². The molecule has 1 aromatic heterocycles. The zero-order valence-corrected chi connectivity index (χ0v) is 9.58. The predicted molar refractivity (Wildman–Crippen MR) is 68.0 cm³/mol. The lowest BCUT2D eigenvalue weighted by atomic mass is 10.2. The number of rotatable bonds is 2. The molecule has 5 heteroatoms. The number of nitrogens with zero attached hydrogens (tertiary/aromatic N) is 1. The Morgan fingerprint density at radius 1 is 1.47 bits per heavy atom. The Labute approximate surface area is 98.1 Å². The molecule has 1 aliphatic carbocycles. The van der Waals surface area contributed by atoms with E-state index >= 15 is 0 Å². The zero-order chi connectivity index (χ0) is 12.0. The SMILES string of the molecule is CC1(Nc2nc3ccc(N)cc3c(=O)[nH]2)CC1. The topological polar surface area (TPSA) is 83.8 Å². The highest BCUT2D eigenvalue weighted by Gasteiger charge is 2.37. The van der Waals surface area contributed by atoms with Crippen LogP contribution in [0.25, 0.3) is 10.9 Å². The molecule has 17 heavy (non-hydrogen) atoms. The van der Waals surface area contributed by atoms with Crippen LogP contribution in [0.5, 0.6) is 0 Å². The Balaban J connectivity index is 2.11. The monoisotopic (exact) mass is 230 g/mol. The van der Waals surface area contributed by atoms with E-state index in [0.29, 0.717) is 22.5 Å². The molecule has 0 amide bonds. The summed E-state index contributed by atoms with van der Waals surface area (Å²) in [7, 11) is 0. The molecule has 88 valence electrons. The summed E-state index contributed by atoms with van der Waals surface area (Å²) in [6, 6.07) is 5.15. The highest BCUT2D eigenvalue weighted by molar-refractivity contribution is 5.81. The molecule has 3 rings (SSSR count). The second-order valence-corrected chi connectivity index (χ2v) is 4.88. The summed E-state index contributed by atoms with van der Waals surface area (Å²) in [5.74, 6) is 0.535. The Hall–Kier alpha value is -2.04. The number of hydrogen-bond donors (Lipinski definition) is 3. The van der Waals surface area contributed by atoms with Gasteiger partial charge in [0.25, 0.3) is 5.56 Å². The van der Waals surface area contributed by atoms with E-state index in [2.05, 4.69) is 22.2 Å². The first-order valence-corrected chi connectivity index (χ1v) is 5.64. The van der Waals surface area contributed by atoms with Gasteiger partial charge in [-0.25, -0.2) is 4.98 Å². The van der Waals surface area contributed by atoms with E-state index in [-0.39, 0.29) is 11.1 Å². The van der Waals surface area contributed by atoms with Crippen LogP contribution in [0.1, 0.15) is 19.8 Å². The number of aromatic nitrogens is 2. The molecule has 0 saturated heterocycles. The minimum atomic E-state index is -0.158. The van der Waals surface area contributed by atoms with Crippen molar-refractivity contribution in [3.05, 3.63) is 28.6 Å². The third kappa shape index (κ3) is 1.84. The fourth-order valence-corrected chi connectivity index (χ4v) is 1.81. The maximum atomic E-state index is 11.9. The van der Waals surface area contributed by atoms with Crippen molar-refractivity contribution < 1.29 is 0 Å². The largest absolute Gasteiger partial charge is 0.399 e. The number of nitrogens with one attached hydrogen (secondary N) is 2. The van der Waals surface area contributed by atoms with E-state index in [0.717, 1.165) is 12.8 Å². The van der Waals surface area contributed by atoms with E-state index < -0.39 is 0 Å². The lowest BCUT2D eigenvalue weighted by molar-refractivity contribution is 0.810. The van der Waals surface area contributed by atoms with Crippen molar-refractivity contribution in [2.75, 3.05) is 11.1 Å². The van der Waals surface area contributed by atoms with Crippen LogP contribution in [0.2, 0.25) is 0 Å². The molecule has 1 aliphatic rings. The van der Waals surface area contributed by atoms with E-state index in [9.17, 15) is 4.79 Å².